The fourth-order valence-corrected chi connectivity index (χ4v) is 3.33. The van der Waals surface area contributed by atoms with Crippen LogP contribution < -0.4 is 17.0 Å². The van der Waals surface area contributed by atoms with Gasteiger partial charge in [0.1, 0.15) is 0 Å². The number of aromatic nitrogens is 3. The Hall–Kier alpha value is -2.48. The number of rotatable bonds is 4. The number of amides is 1. The van der Waals surface area contributed by atoms with E-state index >= 15 is 0 Å². The highest BCUT2D eigenvalue weighted by Gasteiger charge is 2.28. The molecule has 0 saturated carbocycles. The minimum Gasteiger partial charge on any atom is -0.337 e. The molecule has 8 nitrogen and oxygen atoms in total. The van der Waals surface area contributed by atoms with Gasteiger partial charge in [0.25, 0.3) is 11.5 Å². The topological polar surface area (TPSA) is 114 Å². The van der Waals surface area contributed by atoms with E-state index in [0.717, 1.165) is 6.42 Å². The number of carbonyl (C=O) groups is 1. The molecule has 1 aliphatic heterocycles. The minimum atomic E-state index is -0.577. The van der Waals surface area contributed by atoms with Crippen LogP contribution in [-0.4, -0.2) is 44.5 Å². The van der Waals surface area contributed by atoms with Crippen molar-refractivity contribution in [2.75, 3.05) is 13.1 Å². The maximum absolute atomic E-state index is 13.1. The van der Waals surface area contributed by atoms with Crippen molar-refractivity contribution in [2.45, 2.75) is 52.1 Å². The molecule has 1 atom stereocenters. The van der Waals surface area contributed by atoms with Crippen LogP contribution in [0.25, 0.3) is 11.0 Å². The van der Waals surface area contributed by atoms with Gasteiger partial charge in [0.2, 0.25) is 0 Å². The molecule has 1 aliphatic rings. The van der Waals surface area contributed by atoms with Crippen LogP contribution in [-0.2, 0) is 6.54 Å². The molecular formula is C18H25N5O3. The SMILES string of the molecule is CCCn1c(=O)[nH]c(=O)c2c(C(=O)N3CC[C@@H](N)C3)cc(C(C)C)nc21. The second-order valence-electron chi connectivity index (χ2n) is 7.16. The van der Waals surface area contributed by atoms with Gasteiger partial charge in [-0.1, -0.05) is 20.8 Å². The summed E-state index contributed by atoms with van der Waals surface area (Å²) in [5, 5.41) is 0.174. The number of likely N-dealkylation sites (tertiary alicyclic amines) is 1. The van der Waals surface area contributed by atoms with Crippen LogP contribution in [0.4, 0.5) is 0 Å². The van der Waals surface area contributed by atoms with Crippen LogP contribution in [0.2, 0.25) is 0 Å². The highest BCUT2D eigenvalue weighted by molar-refractivity contribution is 6.05. The lowest BCUT2D eigenvalue weighted by molar-refractivity contribution is 0.0792. The van der Waals surface area contributed by atoms with Crippen LogP contribution in [0.1, 0.15) is 55.6 Å². The van der Waals surface area contributed by atoms with Gasteiger partial charge in [-0.3, -0.25) is 19.1 Å². The molecule has 3 heterocycles. The molecule has 2 aromatic heterocycles. The average Bonchev–Trinajstić information content (AvgIpc) is 3.03. The van der Waals surface area contributed by atoms with Crippen molar-refractivity contribution in [2.24, 2.45) is 5.73 Å². The van der Waals surface area contributed by atoms with E-state index in [9.17, 15) is 14.4 Å². The first-order chi connectivity index (χ1) is 12.3. The van der Waals surface area contributed by atoms with E-state index in [-0.39, 0.29) is 28.9 Å². The third-order valence-corrected chi connectivity index (χ3v) is 4.75. The van der Waals surface area contributed by atoms with Gasteiger partial charge in [-0.15, -0.1) is 0 Å². The first-order valence-corrected chi connectivity index (χ1v) is 9.06. The van der Waals surface area contributed by atoms with Gasteiger partial charge in [0, 0.05) is 31.4 Å². The highest BCUT2D eigenvalue weighted by Crippen LogP contribution is 2.22. The number of aromatic amines is 1. The summed E-state index contributed by atoms with van der Waals surface area (Å²) in [4.78, 5) is 46.4. The van der Waals surface area contributed by atoms with Crippen LogP contribution in [0.15, 0.2) is 15.7 Å². The van der Waals surface area contributed by atoms with Gasteiger partial charge in [0.15, 0.2) is 5.65 Å². The molecule has 0 radical (unpaired) electrons. The molecule has 26 heavy (non-hydrogen) atoms. The Morgan fingerprint density at radius 3 is 2.73 bits per heavy atom. The van der Waals surface area contributed by atoms with E-state index in [0.29, 0.717) is 37.3 Å². The zero-order valence-electron chi connectivity index (χ0n) is 15.4. The van der Waals surface area contributed by atoms with Crippen molar-refractivity contribution < 1.29 is 4.79 Å². The van der Waals surface area contributed by atoms with Gasteiger partial charge in [-0.05, 0) is 24.8 Å². The van der Waals surface area contributed by atoms with Crippen LogP contribution in [0.5, 0.6) is 0 Å². The Kier molecular flexibility index (Phi) is 4.95. The summed E-state index contributed by atoms with van der Waals surface area (Å²) in [6.07, 6.45) is 1.45. The molecule has 0 aliphatic carbocycles. The van der Waals surface area contributed by atoms with Crippen molar-refractivity contribution in [3.05, 3.63) is 38.2 Å². The van der Waals surface area contributed by atoms with Gasteiger partial charge < -0.3 is 10.6 Å². The van der Waals surface area contributed by atoms with Gasteiger partial charge in [-0.2, -0.15) is 0 Å². The second kappa shape index (κ2) is 7.03. The van der Waals surface area contributed by atoms with E-state index in [1.807, 2.05) is 20.8 Å². The van der Waals surface area contributed by atoms with Gasteiger partial charge in [-0.25, -0.2) is 9.78 Å². The molecule has 0 bridgehead atoms. The second-order valence-corrected chi connectivity index (χ2v) is 7.16. The first-order valence-electron chi connectivity index (χ1n) is 9.06. The number of hydrogen-bond acceptors (Lipinski definition) is 5. The molecule has 3 rings (SSSR count). The third kappa shape index (κ3) is 3.16. The number of fused-ring (bicyclic) bond motifs is 1. The summed E-state index contributed by atoms with van der Waals surface area (Å²) in [7, 11) is 0. The fourth-order valence-electron chi connectivity index (χ4n) is 3.33. The number of H-pyrrole nitrogens is 1. The molecule has 3 N–H and O–H groups in total. The number of pyridine rings is 1. The molecular weight excluding hydrogens is 334 g/mol. The third-order valence-electron chi connectivity index (χ3n) is 4.75. The Morgan fingerprint density at radius 2 is 2.15 bits per heavy atom. The Morgan fingerprint density at radius 1 is 1.42 bits per heavy atom. The normalized spacial score (nSPS) is 17.4. The molecule has 1 saturated heterocycles. The summed E-state index contributed by atoms with van der Waals surface area (Å²) in [5.74, 6) is -0.185. The molecule has 0 spiro atoms. The summed E-state index contributed by atoms with van der Waals surface area (Å²) in [5.41, 5.74) is 6.10. The Bertz CT molecular complexity index is 960. The predicted octanol–water partition coefficient (Wildman–Crippen LogP) is 0.791. The molecule has 140 valence electrons. The molecule has 1 fully saturated rings. The van der Waals surface area contributed by atoms with E-state index in [1.54, 1.807) is 11.0 Å². The predicted molar refractivity (Wildman–Crippen MR) is 99.5 cm³/mol. The first kappa shape index (κ1) is 18.3. The monoisotopic (exact) mass is 359 g/mol. The molecule has 0 unspecified atom stereocenters. The quantitative estimate of drug-likeness (QED) is 0.838. The maximum Gasteiger partial charge on any atom is 0.329 e. The number of nitrogens with two attached hydrogens (primary N) is 1. The lowest BCUT2D eigenvalue weighted by Crippen LogP contribution is -2.35. The van der Waals surface area contributed by atoms with E-state index in [2.05, 4.69) is 9.97 Å². The van der Waals surface area contributed by atoms with Crippen LogP contribution in [0, 0.1) is 0 Å². The van der Waals surface area contributed by atoms with Crippen molar-refractivity contribution in [1.29, 1.82) is 0 Å². The Balaban J connectivity index is 2.30. The summed E-state index contributed by atoms with van der Waals surface area (Å²) < 4.78 is 1.44. The summed E-state index contributed by atoms with van der Waals surface area (Å²) in [6.45, 7) is 7.31. The maximum atomic E-state index is 13.1. The lowest BCUT2D eigenvalue weighted by atomic mass is 10.0. The number of nitrogens with one attached hydrogen (secondary N) is 1. The number of carbonyl (C=O) groups excluding carboxylic acids is 1. The molecule has 2 aromatic rings. The highest BCUT2D eigenvalue weighted by atomic mass is 16.2. The smallest absolute Gasteiger partial charge is 0.329 e. The fraction of sp³-hybridized carbons (Fsp3) is 0.556. The van der Waals surface area contributed by atoms with Crippen molar-refractivity contribution in [3.8, 4) is 0 Å². The number of hydrogen-bond donors (Lipinski definition) is 2. The zero-order chi connectivity index (χ0) is 19.0. The average molecular weight is 359 g/mol. The largest absolute Gasteiger partial charge is 0.337 e. The minimum absolute atomic E-state index is 0.0480. The van der Waals surface area contributed by atoms with Gasteiger partial charge >= 0.3 is 5.69 Å². The van der Waals surface area contributed by atoms with Crippen molar-refractivity contribution in [1.82, 2.24) is 19.4 Å². The van der Waals surface area contributed by atoms with E-state index in [4.69, 9.17) is 5.73 Å². The number of aryl methyl sites for hydroxylation is 1. The Labute approximate surface area is 151 Å². The lowest BCUT2D eigenvalue weighted by Gasteiger charge is -2.19. The molecule has 1 amide bonds. The van der Waals surface area contributed by atoms with Gasteiger partial charge in [0.05, 0.1) is 10.9 Å². The van der Waals surface area contributed by atoms with Crippen LogP contribution in [0.3, 0.4) is 0 Å². The number of nitrogens with zero attached hydrogens (tertiary/aromatic N) is 3. The molecule has 0 aromatic carbocycles. The summed E-state index contributed by atoms with van der Waals surface area (Å²) >= 11 is 0. The van der Waals surface area contributed by atoms with E-state index in [1.165, 1.54) is 4.57 Å². The molecule has 8 heteroatoms. The van der Waals surface area contributed by atoms with E-state index < -0.39 is 11.2 Å². The van der Waals surface area contributed by atoms with Crippen LogP contribution >= 0.6 is 0 Å². The van der Waals surface area contributed by atoms with Crippen molar-refractivity contribution >= 4 is 16.9 Å². The standard InChI is InChI=1S/C18H25N5O3/c1-4-6-23-15-14(16(24)21-18(23)26)12(8-13(20-15)10(2)3)17(25)22-7-5-11(19)9-22/h8,10-11H,4-7,9,19H2,1-3H3,(H,21,24,26)/t11-/m1/s1. The summed E-state index contributed by atoms with van der Waals surface area (Å²) in [6, 6.07) is 1.63. The van der Waals surface area contributed by atoms with Crippen molar-refractivity contribution in [3.63, 3.8) is 0 Å². The zero-order valence-corrected chi connectivity index (χ0v) is 15.4.